The lowest BCUT2D eigenvalue weighted by Gasteiger charge is -2.38. The predicted octanol–water partition coefficient (Wildman–Crippen LogP) is 6.04. The molecule has 0 aliphatic carbocycles. The molecule has 2 aliphatic rings. The highest BCUT2D eigenvalue weighted by Crippen LogP contribution is 2.38. The van der Waals surface area contributed by atoms with Gasteiger partial charge in [0, 0.05) is 36.2 Å². The quantitative estimate of drug-likeness (QED) is 0.368. The van der Waals surface area contributed by atoms with Crippen LogP contribution in [0.1, 0.15) is 33.6 Å². The summed E-state index contributed by atoms with van der Waals surface area (Å²) in [6.07, 6.45) is -3.13. The van der Waals surface area contributed by atoms with Crippen molar-refractivity contribution < 1.29 is 22.7 Å². The fourth-order valence-corrected chi connectivity index (χ4v) is 5.54. The van der Waals surface area contributed by atoms with Gasteiger partial charge in [0.2, 0.25) is 0 Å². The van der Waals surface area contributed by atoms with Gasteiger partial charge in [0.15, 0.2) is 0 Å². The molecule has 0 saturated carbocycles. The number of benzene rings is 3. The first kappa shape index (κ1) is 23.6. The molecule has 5 nitrogen and oxygen atoms in total. The van der Waals surface area contributed by atoms with Crippen molar-refractivity contribution in [3.8, 4) is 5.75 Å². The number of nitrogens with zero attached hydrogens (tertiary/aromatic N) is 2. The molecular weight excluding hydrogens is 479 g/mol. The van der Waals surface area contributed by atoms with Gasteiger partial charge < -0.3 is 9.72 Å². The minimum absolute atomic E-state index is 0.225. The van der Waals surface area contributed by atoms with E-state index in [0.717, 1.165) is 31.1 Å². The number of aromatic amines is 1. The molecule has 1 aromatic heterocycles. The number of nitrogens with one attached hydrogen (secondary N) is 1. The third kappa shape index (κ3) is 4.35. The van der Waals surface area contributed by atoms with Crippen molar-refractivity contribution >= 4 is 22.5 Å². The Kier molecular flexibility index (Phi) is 5.91. The molecule has 1 N–H and O–H groups in total. The number of fused-ring (bicyclic) bond motifs is 4. The summed E-state index contributed by atoms with van der Waals surface area (Å²) in [6.45, 7) is 2.56. The Bertz CT molecular complexity index is 1460. The first-order chi connectivity index (χ1) is 17.9. The summed E-state index contributed by atoms with van der Waals surface area (Å²) in [5.41, 5.74) is 2.90. The number of anilines is 1. The molecular formula is C29H26F3N3O2. The van der Waals surface area contributed by atoms with Crippen LogP contribution in [-0.4, -0.2) is 41.5 Å². The van der Waals surface area contributed by atoms with Gasteiger partial charge >= 0.3 is 6.18 Å². The van der Waals surface area contributed by atoms with Crippen LogP contribution >= 0.6 is 0 Å². The van der Waals surface area contributed by atoms with Crippen molar-refractivity contribution in [2.24, 2.45) is 0 Å². The summed E-state index contributed by atoms with van der Waals surface area (Å²) in [6, 6.07) is 19.9. The molecule has 8 heteroatoms. The molecule has 2 aliphatic heterocycles. The summed E-state index contributed by atoms with van der Waals surface area (Å²) < 4.78 is 47.2. The zero-order valence-electron chi connectivity index (χ0n) is 20.1. The van der Waals surface area contributed by atoms with Crippen LogP contribution in [0.4, 0.5) is 18.9 Å². The van der Waals surface area contributed by atoms with Crippen LogP contribution in [0.5, 0.6) is 5.75 Å². The first-order valence-electron chi connectivity index (χ1n) is 12.4. The number of carbonyl (C=O) groups excluding carboxylic acids is 1. The molecule has 1 amide bonds. The van der Waals surface area contributed by atoms with E-state index in [0.29, 0.717) is 24.4 Å². The standard InChI is InChI=1S/C29H26F3N3O2/c30-29(31,32)23-9-3-1-8-22(23)28(36)35-19(18-37-27-12-6-5-11-26(27)35)13-15-34-16-14-21-20-7-2-4-10-24(20)33-25(21)17-34/h1-12,19,33H,13-18H2. The van der Waals surface area contributed by atoms with E-state index < -0.39 is 23.7 Å². The second-order valence-corrected chi connectivity index (χ2v) is 9.59. The van der Waals surface area contributed by atoms with Crippen LogP contribution in [0.15, 0.2) is 72.8 Å². The van der Waals surface area contributed by atoms with Crippen LogP contribution in [0.25, 0.3) is 10.9 Å². The Morgan fingerprint density at radius 1 is 1.00 bits per heavy atom. The molecule has 3 aromatic carbocycles. The summed E-state index contributed by atoms with van der Waals surface area (Å²) in [5.74, 6) is -0.164. The van der Waals surface area contributed by atoms with Crippen molar-refractivity contribution in [2.45, 2.75) is 31.6 Å². The summed E-state index contributed by atoms with van der Waals surface area (Å²) in [5, 5.41) is 1.26. The number of H-pyrrole nitrogens is 1. The van der Waals surface area contributed by atoms with Crippen molar-refractivity contribution in [1.29, 1.82) is 0 Å². The monoisotopic (exact) mass is 505 g/mol. The smallest absolute Gasteiger partial charge is 0.417 e. The third-order valence-corrected chi connectivity index (χ3v) is 7.34. The Balaban J connectivity index is 1.26. The molecule has 0 radical (unpaired) electrons. The number of hydrogen-bond donors (Lipinski definition) is 1. The SMILES string of the molecule is O=C(c1ccccc1C(F)(F)F)N1c2ccccc2OCC1CCN1CCc2c([nH]c3ccccc23)C1. The van der Waals surface area contributed by atoms with Gasteiger partial charge in [-0.05, 0) is 48.7 Å². The number of hydrogen-bond acceptors (Lipinski definition) is 3. The van der Waals surface area contributed by atoms with Crippen LogP contribution in [0, 0.1) is 0 Å². The molecule has 0 spiro atoms. The van der Waals surface area contributed by atoms with E-state index in [9.17, 15) is 18.0 Å². The largest absolute Gasteiger partial charge is 0.489 e. The zero-order valence-corrected chi connectivity index (χ0v) is 20.1. The lowest BCUT2D eigenvalue weighted by atomic mass is 10.0. The van der Waals surface area contributed by atoms with E-state index in [1.54, 1.807) is 24.3 Å². The van der Waals surface area contributed by atoms with Gasteiger partial charge in [-0.2, -0.15) is 13.2 Å². The van der Waals surface area contributed by atoms with E-state index in [-0.39, 0.29) is 12.2 Å². The van der Waals surface area contributed by atoms with Gasteiger partial charge in [0.1, 0.15) is 12.4 Å². The van der Waals surface area contributed by atoms with Crippen LogP contribution in [-0.2, 0) is 19.1 Å². The van der Waals surface area contributed by atoms with Crippen LogP contribution < -0.4 is 9.64 Å². The Hall–Kier alpha value is -3.78. The molecule has 1 unspecified atom stereocenters. The van der Waals surface area contributed by atoms with E-state index in [1.165, 1.54) is 39.7 Å². The molecule has 0 bridgehead atoms. The lowest BCUT2D eigenvalue weighted by molar-refractivity contribution is -0.137. The number of aromatic nitrogens is 1. The molecule has 1 atom stereocenters. The minimum atomic E-state index is -4.63. The van der Waals surface area contributed by atoms with Crippen molar-refractivity contribution in [2.75, 3.05) is 24.6 Å². The lowest BCUT2D eigenvalue weighted by Crippen LogP contribution is -2.49. The number of alkyl halides is 3. The van der Waals surface area contributed by atoms with Gasteiger partial charge in [0.05, 0.1) is 22.9 Å². The number of para-hydroxylation sites is 3. The van der Waals surface area contributed by atoms with Gasteiger partial charge in [-0.1, -0.05) is 42.5 Å². The molecule has 3 heterocycles. The fourth-order valence-electron chi connectivity index (χ4n) is 5.54. The van der Waals surface area contributed by atoms with Crippen molar-refractivity contribution in [3.63, 3.8) is 0 Å². The Labute approximate surface area is 212 Å². The van der Waals surface area contributed by atoms with E-state index in [1.807, 2.05) is 12.1 Å². The predicted molar refractivity (Wildman–Crippen MR) is 136 cm³/mol. The third-order valence-electron chi connectivity index (χ3n) is 7.34. The second kappa shape index (κ2) is 9.27. The number of ether oxygens (including phenoxy) is 1. The van der Waals surface area contributed by atoms with Gasteiger partial charge in [-0.25, -0.2) is 0 Å². The highest BCUT2D eigenvalue weighted by Gasteiger charge is 2.39. The first-order valence-corrected chi connectivity index (χ1v) is 12.4. The average Bonchev–Trinajstić information content (AvgIpc) is 3.28. The second-order valence-electron chi connectivity index (χ2n) is 9.59. The zero-order chi connectivity index (χ0) is 25.6. The van der Waals surface area contributed by atoms with E-state index in [2.05, 4.69) is 22.0 Å². The highest BCUT2D eigenvalue weighted by molar-refractivity contribution is 6.08. The number of rotatable bonds is 4. The van der Waals surface area contributed by atoms with Crippen LogP contribution in [0.3, 0.4) is 0 Å². The van der Waals surface area contributed by atoms with Gasteiger partial charge in [-0.15, -0.1) is 0 Å². The molecule has 6 rings (SSSR count). The number of amides is 1. The van der Waals surface area contributed by atoms with Crippen LogP contribution in [0.2, 0.25) is 0 Å². The number of carbonyl (C=O) groups is 1. The Morgan fingerprint density at radius 3 is 2.62 bits per heavy atom. The van der Waals surface area contributed by atoms with E-state index in [4.69, 9.17) is 4.74 Å². The van der Waals surface area contributed by atoms with E-state index >= 15 is 0 Å². The maximum Gasteiger partial charge on any atom is 0.417 e. The number of halogens is 3. The fraction of sp³-hybridized carbons (Fsp3) is 0.276. The molecule has 190 valence electrons. The molecule has 4 aromatic rings. The maximum absolute atomic E-state index is 13.8. The average molecular weight is 506 g/mol. The van der Waals surface area contributed by atoms with Gasteiger partial charge in [-0.3, -0.25) is 14.6 Å². The minimum Gasteiger partial charge on any atom is -0.489 e. The molecule has 0 fully saturated rings. The Morgan fingerprint density at radius 2 is 1.76 bits per heavy atom. The van der Waals surface area contributed by atoms with Gasteiger partial charge in [0.25, 0.3) is 5.91 Å². The summed E-state index contributed by atoms with van der Waals surface area (Å²) >= 11 is 0. The topological polar surface area (TPSA) is 48.6 Å². The van der Waals surface area contributed by atoms with Crippen molar-refractivity contribution in [1.82, 2.24) is 9.88 Å². The molecule has 0 saturated heterocycles. The van der Waals surface area contributed by atoms with Crippen molar-refractivity contribution in [3.05, 3.63) is 95.2 Å². The normalized spacial score (nSPS) is 17.8. The maximum atomic E-state index is 13.8. The summed E-state index contributed by atoms with van der Waals surface area (Å²) in [7, 11) is 0. The highest BCUT2D eigenvalue weighted by atomic mass is 19.4. The molecule has 37 heavy (non-hydrogen) atoms. The summed E-state index contributed by atoms with van der Waals surface area (Å²) in [4.78, 5) is 21.1.